The Balaban J connectivity index is 1.83. The number of hydrogen-bond acceptors (Lipinski definition) is 3. The molecule has 0 bridgehead atoms. The molecule has 0 spiro atoms. The summed E-state index contributed by atoms with van der Waals surface area (Å²) in [5.41, 5.74) is 2.24. The van der Waals surface area contributed by atoms with Crippen LogP contribution in [0.2, 0.25) is 0 Å². The zero-order chi connectivity index (χ0) is 16.9. The van der Waals surface area contributed by atoms with Gasteiger partial charge in [0.15, 0.2) is 0 Å². The van der Waals surface area contributed by atoms with Crippen LogP contribution in [0.1, 0.15) is 26.3 Å². The Bertz CT molecular complexity index is 500. The maximum atomic E-state index is 12.3. The summed E-state index contributed by atoms with van der Waals surface area (Å²) in [5, 5.41) is 2.99. The molecule has 0 saturated carbocycles. The number of anilines is 1. The number of piperazine rings is 1. The quantitative estimate of drug-likeness (QED) is 0.928. The first-order valence-electron chi connectivity index (χ1n) is 8.28. The van der Waals surface area contributed by atoms with Gasteiger partial charge in [-0.1, -0.05) is 32.9 Å². The van der Waals surface area contributed by atoms with Gasteiger partial charge in [0.05, 0.1) is 6.61 Å². The Labute approximate surface area is 139 Å². The minimum absolute atomic E-state index is 0.0140. The lowest BCUT2D eigenvalue weighted by Gasteiger charge is -2.34. The average molecular weight is 319 g/mol. The molecule has 0 aliphatic carbocycles. The third kappa shape index (κ3) is 5.22. The molecule has 1 aromatic rings. The second kappa shape index (κ2) is 7.79. The van der Waals surface area contributed by atoms with Gasteiger partial charge in [-0.3, -0.25) is 4.90 Å². The van der Waals surface area contributed by atoms with Crippen molar-refractivity contribution in [1.82, 2.24) is 9.80 Å². The van der Waals surface area contributed by atoms with Crippen molar-refractivity contribution >= 4 is 11.7 Å². The van der Waals surface area contributed by atoms with Gasteiger partial charge in [-0.15, -0.1) is 0 Å². The third-order valence-corrected chi connectivity index (χ3v) is 4.27. The van der Waals surface area contributed by atoms with Gasteiger partial charge in [-0.25, -0.2) is 4.79 Å². The standard InChI is InChI=1S/C18H29N3O2/c1-18(2,3)15-5-7-16(8-6-15)19-17(22)21-11-9-20(10-12-21)13-14-23-4/h5-8H,9-14H2,1-4H3,(H,19,22). The van der Waals surface area contributed by atoms with Crippen LogP contribution in [0, 0.1) is 0 Å². The lowest BCUT2D eigenvalue weighted by molar-refractivity contribution is 0.109. The molecule has 0 radical (unpaired) electrons. The van der Waals surface area contributed by atoms with Gasteiger partial charge in [0, 0.05) is 45.5 Å². The maximum Gasteiger partial charge on any atom is 0.321 e. The molecule has 1 saturated heterocycles. The summed E-state index contributed by atoms with van der Waals surface area (Å²) in [6, 6.07) is 8.11. The van der Waals surface area contributed by atoms with Gasteiger partial charge in [-0.2, -0.15) is 0 Å². The maximum absolute atomic E-state index is 12.3. The van der Waals surface area contributed by atoms with Crippen molar-refractivity contribution in [3.8, 4) is 0 Å². The van der Waals surface area contributed by atoms with Gasteiger partial charge in [0.2, 0.25) is 0 Å². The summed E-state index contributed by atoms with van der Waals surface area (Å²) in [6.07, 6.45) is 0. The predicted molar refractivity (Wildman–Crippen MR) is 94.0 cm³/mol. The monoisotopic (exact) mass is 319 g/mol. The Morgan fingerprint density at radius 2 is 1.74 bits per heavy atom. The topological polar surface area (TPSA) is 44.8 Å². The highest BCUT2D eigenvalue weighted by Gasteiger charge is 2.21. The number of carbonyl (C=O) groups excluding carboxylic acids is 1. The van der Waals surface area contributed by atoms with Crippen molar-refractivity contribution in [2.75, 3.05) is 51.8 Å². The average Bonchev–Trinajstić information content (AvgIpc) is 2.53. The van der Waals surface area contributed by atoms with Crippen molar-refractivity contribution < 1.29 is 9.53 Å². The van der Waals surface area contributed by atoms with E-state index in [2.05, 4.69) is 43.1 Å². The SMILES string of the molecule is COCCN1CCN(C(=O)Nc2ccc(C(C)(C)C)cc2)CC1. The number of carbonyl (C=O) groups is 1. The molecule has 0 aromatic heterocycles. The number of benzene rings is 1. The van der Waals surface area contributed by atoms with E-state index in [-0.39, 0.29) is 11.4 Å². The molecule has 1 aliphatic heterocycles. The number of urea groups is 1. The Kier molecular flexibility index (Phi) is 6.02. The largest absolute Gasteiger partial charge is 0.383 e. The van der Waals surface area contributed by atoms with E-state index in [0.717, 1.165) is 45.0 Å². The van der Waals surface area contributed by atoms with Gasteiger partial charge < -0.3 is 15.0 Å². The summed E-state index contributed by atoms with van der Waals surface area (Å²) < 4.78 is 5.10. The molecular weight excluding hydrogens is 290 g/mol. The first-order chi connectivity index (χ1) is 10.9. The fourth-order valence-electron chi connectivity index (χ4n) is 2.65. The Morgan fingerprint density at radius 1 is 1.13 bits per heavy atom. The lowest BCUT2D eigenvalue weighted by Crippen LogP contribution is -2.50. The Morgan fingerprint density at radius 3 is 2.26 bits per heavy atom. The fourth-order valence-corrected chi connectivity index (χ4v) is 2.65. The molecule has 2 rings (SSSR count). The summed E-state index contributed by atoms with van der Waals surface area (Å²) in [5.74, 6) is 0. The summed E-state index contributed by atoms with van der Waals surface area (Å²) in [6.45, 7) is 11.5. The molecule has 1 aromatic carbocycles. The highest BCUT2D eigenvalue weighted by atomic mass is 16.5. The van der Waals surface area contributed by atoms with E-state index in [0.29, 0.717) is 0 Å². The number of nitrogens with zero attached hydrogens (tertiary/aromatic N) is 2. The van der Waals surface area contributed by atoms with Crippen molar-refractivity contribution in [2.45, 2.75) is 26.2 Å². The molecule has 0 atom stereocenters. The van der Waals surface area contributed by atoms with E-state index in [4.69, 9.17) is 4.74 Å². The molecule has 2 amide bonds. The molecule has 0 unspecified atom stereocenters. The molecule has 5 nitrogen and oxygen atoms in total. The number of hydrogen-bond donors (Lipinski definition) is 1. The number of nitrogens with one attached hydrogen (secondary N) is 1. The van der Waals surface area contributed by atoms with Crippen LogP contribution in [0.5, 0.6) is 0 Å². The van der Waals surface area contributed by atoms with Crippen LogP contribution in [-0.4, -0.2) is 62.3 Å². The molecule has 23 heavy (non-hydrogen) atoms. The van der Waals surface area contributed by atoms with Crippen LogP contribution < -0.4 is 5.32 Å². The van der Waals surface area contributed by atoms with E-state index < -0.39 is 0 Å². The van der Waals surface area contributed by atoms with Crippen LogP contribution >= 0.6 is 0 Å². The van der Waals surface area contributed by atoms with E-state index in [1.165, 1.54) is 5.56 Å². The summed E-state index contributed by atoms with van der Waals surface area (Å²) in [7, 11) is 1.72. The first kappa shape index (κ1) is 17.8. The van der Waals surface area contributed by atoms with E-state index in [1.54, 1.807) is 7.11 Å². The molecule has 1 aliphatic rings. The minimum Gasteiger partial charge on any atom is -0.383 e. The van der Waals surface area contributed by atoms with Crippen LogP contribution in [0.4, 0.5) is 10.5 Å². The summed E-state index contributed by atoms with van der Waals surface area (Å²) in [4.78, 5) is 16.5. The van der Waals surface area contributed by atoms with Crippen molar-refractivity contribution in [1.29, 1.82) is 0 Å². The number of amides is 2. The minimum atomic E-state index is -0.0140. The van der Waals surface area contributed by atoms with E-state index in [1.807, 2.05) is 17.0 Å². The van der Waals surface area contributed by atoms with Crippen LogP contribution in [0.25, 0.3) is 0 Å². The third-order valence-electron chi connectivity index (χ3n) is 4.27. The second-order valence-electron chi connectivity index (χ2n) is 7.08. The highest BCUT2D eigenvalue weighted by molar-refractivity contribution is 5.89. The zero-order valence-corrected chi connectivity index (χ0v) is 14.8. The number of methoxy groups -OCH3 is 1. The summed E-state index contributed by atoms with van der Waals surface area (Å²) >= 11 is 0. The normalized spacial score (nSPS) is 16.4. The second-order valence-corrected chi connectivity index (χ2v) is 7.08. The van der Waals surface area contributed by atoms with Crippen molar-refractivity contribution in [3.63, 3.8) is 0 Å². The molecule has 128 valence electrons. The van der Waals surface area contributed by atoms with Crippen LogP contribution in [0.3, 0.4) is 0 Å². The van der Waals surface area contributed by atoms with Gasteiger partial charge >= 0.3 is 6.03 Å². The molecule has 1 N–H and O–H groups in total. The van der Waals surface area contributed by atoms with Crippen LogP contribution in [-0.2, 0) is 10.2 Å². The fraction of sp³-hybridized carbons (Fsp3) is 0.611. The van der Waals surface area contributed by atoms with E-state index >= 15 is 0 Å². The first-order valence-corrected chi connectivity index (χ1v) is 8.28. The van der Waals surface area contributed by atoms with Crippen molar-refractivity contribution in [3.05, 3.63) is 29.8 Å². The Hall–Kier alpha value is -1.59. The molecule has 1 heterocycles. The molecule has 5 heteroatoms. The van der Waals surface area contributed by atoms with Crippen molar-refractivity contribution in [2.24, 2.45) is 0 Å². The number of rotatable bonds is 4. The predicted octanol–water partition coefficient (Wildman–Crippen LogP) is 2.78. The number of ether oxygens (including phenoxy) is 1. The highest BCUT2D eigenvalue weighted by Crippen LogP contribution is 2.23. The molecule has 1 fully saturated rings. The van der Waals surface area contributed by atoms with E-state index in [9.17, 15) is 4.79 Å². The van der Waals surface area contributed by atoms with Gasteiger partial charge in [-0.05, 0) is 23.1 Å². The van der Waals surface area contributed by atoms with Crippen LogP contribution in [0.15, 0.2) is 24.3 Å². The lowest BCUT2D eigenvalue weighted by atomic mass is 9.87. The zero-order valence-electron chi connectivity index (χ0n) is 14.8. The smallest absolute Gasteiger partial charge is 0.321 e. The molecular formula is C18H29N3O2. The van der Waals surface area contributed by atoms with Gasteiger partial charge in [0.25, 0.3) is 0 Å². The van der Waals surface area contributed by atoms with Gasteiger partial charge in [0.1, 0.15) is 0 Å².